The number of hydrogen-bond donors (Lipinski definition) is 5. The number of phosphoric ester groups is 1. The maximum atomic E-state index is 10.4. The molecule has 3 heterocycles. The number of aromatic amines is 1. The first-order valence-corrected chi connectivity index (χ1v) is 8.48. The van der Waals surface area contributed by atoms with Crippen molar-refractivity contribution < 1.29 is 28.5 Å². The topological polar surface area (TPSA) is 220 Å². The number of H-pyrrole nitrogens is 1. The summed E-state index contributed by atoms with van der Waals surface area (Å²) >= 11 is 0. The van der Waals surface area contributed by atoms with Gasteiger partial charge in [0.25, 0.3) is 0 Å². The maximum Gasteiger partial charge on any atom is 0.526 e. The summed E-state index contributed by atoms with van der Waals surface area (Å²) < 4.78 is 13.2. The fourth-order valence-corrected chi connectivity index (χ4v) is 1.79. The molecule has 27 heavy (non-hydrogen) atoms. The summed E-state index contributed by atoms with van der Waals surface area (Å²) in [6.07, 6.45) is 5.96. The van der Waals surface area contributed by atoms with E-state index in [1.807, 2.05) is 0 Å². The molecule has 7 N–H and O–H groups in total. The van der Waals surface area contributed by atoms with Crippen LogP contribution in [0.15, 0.2) is 37.2 Å². The molecule has 0 spiro atoms. The summed E-state index contributed by atoms with van der Waals surface area (Å²) in [4.78, 5) is 53.9. The van der Waals surface area contributed by atoms with E-state index in [1.54, 1.807) is 18.3 Å². The van der Waals surface area contributed by atoms with Gasteiger partial charge in [-0.05, 0) is 12.1 Å². The van der Waals surface area contributed by atoms with Crippen molar-refractivity contribution in [3.63, 3.8) is 0 Å². The average Bonchev–Trinajstić information content (AvgIpc) is 3.05. The second kappa shape index (κ2) is 9.91. The number of hydrogen-bond acceptors (Lipinski definition) is 9. The first kappa shape index (κ1) is 21.6. The summed E-state index contributed by atoms with van der Waals surface area (Å²) in [5.74, 6) is -1.02. The molecule has 0 aliphatic heterocycles. The number of aromatic nitrogens is 5. The monoisotopic (exact) mass is 397 g/mol. The summed E-state index contributed by atoms with van der Waals surface area (Å²) in [5.41, 5.74) is 12.1. The van der Waals surface area contributed by atoms with Crippen LogP contribution in [0.5, 0.6) is 0 Å². The van der Waals surface area contributed by atoms with Crippen LogP contribution in [0.1, 0.15) is 17.3 Å². The van der Waals surface area contributed by atoms with Crippen molar-refractivity contribution in [2.24, 2.45) is 5.73 Å². The number of carbonyl (C=O) groups excluding carboxylic acids is 2. The van der Waals surface area contributed by atoms with E-state index in [-0.39, 0.29) is 0 Å². The molecule has 0 aliphatic carbocycles. The van der Waals surface area contributed by atoms with Gasteiger partial charge in [0.05, 0.1) is 11.9 Å². The Balaban J connectivity index is 0.000000205. The molecule has 144 valence electrons. The molecule has 0 saturated heterocycles. The van der Waals surface area contributed by atoms with Gasteiger partial charge in [-0.1, -0.05) is 0 Å². The Morgan fingerprint density at radius 3 is 2.37 bits per heavy atom. The van der Waals surface area contributed by atoms with Crippen molar-refractivity contribution in [1.82, 2.24) is 24.9 Å². The minimum Gasteiger partial charge on any atom is -0.382 e. The fourth-order valence-electron chi connectivity index (χ4n) is 1.46. The van der Waals surface area contributed by atoms with Crippen LogP contribution in [0.3, 0.4) is 0 Å². The second-order valence-electron chi connectivity index (χ2n) is 4.54. The Morgan fingerprint density at radius 2 is 1.96 bits per heavy atom. The molecule has 13 nitrogen and oxygen atoms in total. The van der Waals surface area contributed by atoms with E-state index < -0.39 is 19.7 Å². The van der Waals surface area contributed by atoms with Gasteiger partial charge >= 0.3 is 13.8 Å². The smallest absolute Gasteiger partial charge is 0.382 e. The van der Waals surface area contributed by atoms with E-state index in [0.717, 1.165) is 6.92 Å². The molecule has 0 saturated carbocycles. The number of imidazole rings is 1. The van der Waals surface area contributed by atoms with Crippen molar-refractivity contribution >= 4 is 36.7 Å². The van der Waals surface area contributed by atoms with Crippen molar-refractivity contribution in [3.05, 3.63) is 42.7 Å². The van der Waals surface area contributed by atoms with Gasteiger partial charge < -0.3 is 21.0 Å². The van der Waals surface area contributed by atoms with Gasteiger partial charge in [0.1, 0.15) is 11.8 Å². The standard InChI is InChI=1S/C6H6N2O.C5H5N5.C2H5O5P/c7-6(9)5-2-1-3-8-4-5;6-4-3-5(9-1-7-3)10-2-8-4;1-2(3)7-8(4,5)6/h1-4H,(H2,7,9);1-2H,(H3,6,7,8,9,10);1H3,(H2,4,5,6). The van der Waals surface area contributed by atoms with Crippen molar-refractivity contribution in [3.8, 4) is 0 Å². The number of amides is 1. The third-order valence-electron chi connectivity index (χ3n) is 2.44. The normalized spacial score (nSPS) is 10.0. The molecule has 3 aromatic rings. The van der Waals surface area contributed by atoms with Gasteiger partial charge in [-0.3, -0.25) is 24.4 Å². The number of rotatable bonds is 2. The summed E-state index contributed by atoms with van der Waals surface area (Å²) in [6, 6.07) is 3.29. The molecular weight excluding hydrogens is 381 g/mol. The Kier molecular flexibility index (Phi) is 7.94. The third kappa shape index (κ3) is 8.49. The first-order valence-electron chi connectivity index (χ1n) is 6.95. The van der Waals surface area contributed by atoms with Crippen molar-refractivity contribution in [1.29, 1.82) is 0 Å². The molecule has 0 aliphatic rings. The minimum atomic E-state index is -4.57. The Morgan fingerprint density at radius 1 is 1.26 bits per heavy atom. The van der Waals surface area contributed by atoms with Crippen LogP contribution in [0.25, 0.3) is 11.2 Å². The minimum absolute atomic E-state index is 0.409. The van der Waals surface area contributed by atoms with E-state index in [0.29, 0.717) is 22.5 Å². The Hall–Kier alpha value is -3.41. The number of fused-ring (bicyclic) bond motifs is 1. The van der Waals surface area contributed by atoms with Gasteiger partial charge in [0, 0.05) is 19.3 Å². The quantitative estimate of drug-likeness (QED) is 0.355. The van der Waals surface area contributed by atoms with Gasteiger partial charge in [0.2, 0.25) is 5.91 Å². The van der Waals surface area contributed by atoms with Crippen molar-refractivity contribution in [2.75, 3.05) is 5.73 Å². The van der Waals surface area contributed by atoms with Gasteiger partial charge in [-0.2, -0.15) is 0 Å². The van der Waals surface area contributed by atoms with Crippen LogP contribution in [0.2, 0.25) is 0 Å². The van der Waals surface area contributed by atoms with E-state index in [2.05, 4.69) is 29.4 Å². The predicted molar refractivity (Wildman–Crippen MR) is 92.7 cm³/mol. The highest BCUT2D eigenvalue weighted by molar-refractivity contribution is 7.46. The zero-order valence-corrected chi connectivity index (χ0v) is 14.8. The largest absolute Gasteiger partial charge is 0.526 e. The van der Waals surface area contributed by atoms with E-state index in [9.17, 15) is 14.2 Å². The number of nitrogens with one attached hydrogen (secondary N) is 1. The average molecular weight is 397 g/mol. The highest BCUT2D eigenvalue weighted by Crippen LogP contribution is 2.35. The molecule has 3 aromatic heterocycles. The van der Waals surface area contributed by atoms with Crippen LogP contribution < -0.4 is 11.5 Å². The Bertz CT molecular complexity index is 942. The van der Waals surface area contributed by atoms with E-state index >= 15 is 0 Å². The van der Waals surface area contributed by atoms with E-state index in [4.69, 9.17) is 21.3 Å². The summed E-state index contributed by atoms with van der Waals surface area (Å²) in [6.45, 7) is 0.916. The number of nitrogen functional groups attached to an aromatic ring is 1. The van der Waals surface area contributed by atoms with Gasteiger partial charge in [-0.25, -0.2) is 19.5 Å². The SMILES string of the molecule is CC(=O)OP(=O)(O)O.NC(=O)c1cccnc1.Nc1ncnc2[nH]cnc12. The van der Waals surface area contributed by atoms with Crippen LogP contribution in [0, 0.1) is 0 Å². The van der Waals surface area contributed by atoms with E-state index in [1.165, 1.54) is 18.9 Å². The number of nitrogens with zero attached hydrogens (tertiary/aromatic N) is 4. The first-order chi connectivity index (χ1) is 12.6. The molecule has 3 rings (SSSR count). The molecule has 14 heteroatoms. The zero-order valence-electron chi connectivity index (χ0n) is 13.9. The van der Waals surface area contributed by atoms with Gasteiger partial charge in [0.15, 0.2) is 11.5 Å². The lowest BCUT2D eigenvalue weighted by atomic mass is 10.3. The number of primary amides is 1. The lowest BCUT2D eigenvalue weighted by Gasteiger charge is -1.98. The molecule has 0 bridgehead atoms. The lowest BCUT2D eigenvalue weighted by Crippen LogP contribution is -2.10. The molecule has 0 unspecified atom stereocenters. The number of nitrogens with two attached hydrogens (primary N) is 2. The third-order valence-corrected chi connectivity index (χ3v) is 2.93. The van der Waals surface area contributed by atoms with Crippen LogP contribution in [-0.4, -0.2) is 46.6 Å². The lowest BCUT2D eigenvalue weighted by molar-refractivity contribution is -0.133. The summed E-state index contributed by atoms with van der Waals surface area (Å²) in [7, 11) is -4.57. The number of anilines is 1. The number of phosphoric acid groups is 1. The number of pyridine rings is 1. The molecule has 0 aromatic carbocycles. The molecule has 0 atom stereocenters. The predicted octanol–water partition coefficient (Wildman–Crippen LogP) is -0.242. The maximum absolute atomic E-state index is 10.4. The highest BCUT2D eigenvalue weighted by Gasteiger charge is 2.16. The zero-order chi connectivity index (χ0) is 20.4. The fraction of sp³-hybridized carbons (Fsp3) is 0.0769. The van der Waals surface area contributed by atoms with Gasteiger partial charge in [-0.15, -0.1) is 0 Å². The molecule has 0 radical (unpaired) electrons. The Labute approximate surface area is 152 Å². The summed E-state index contributed by atoms with van der Waals surface area (Å²) in [5, 5.41) is 0. The van der Waals surface area contributed by atoms with Crippen LogP contribution >= 0.6 is 7.82 Å². The molecule has 0 fully saturated rings. The molecular formula is C13H16N7O6P. The number of carbonyl (C=O) groups is 2. The second-order valence-corrected chi connectivity index (χ2v) is 5.70. The van der Waals surface area contributed by atoms with Crippen molar-refractivity contribution in [2.45, 2.75) is 6.92 Å². The van der Waals surface area contributed by atoms with Crippen LogP contribution in [0.4, 0.5) is 5.82 Å². The van der Waals surface area contributed by atoms with Crippen LogP contribution in [-0.2, 0) is 13.9 Å². The molecule has 1 amide bonds. The highest BCUT2D eigenvalue weighted by atomic mass is 31.2.